The van der Waals surface area contributed by atoms with Gasteiger partial charge in [0.2, 0.25) is 0 Å². The molecule has 1 aliphatic rings. The van der Waals surface area contributed by atoms with E-state index >= 15 is 0 Å². The van der Waals surface area contributed by atoms with Gasteiger partial charge in [-0.15, -0.1) is 0 Å². The van der Waals surface area contributed by atoms with Crippen molar-refractivity contribution in [3.05, 3.63) is 17.0 Å². The van der Waals surface area contributed by atoms with Crippen molar-refractivity contribution in [3.8, 4) is 0 Å². The molecule has 24 heavy (non-hydrogen) atoms. The number of rotatable bonds is 7. The lowest BCUT2D eigenvalue weighted by atomic mass is 10.00. The van der Waals surface area contributed by atoms with Crippen LogP contribution in [0.5, 0.6) is 0 Å². The van der Waals surface area contributed by atoms with Crippen LogP contribution >= 0.6 is 0 Å². The number of hydrogen-bond acceptors (Lipinski definition) is 4. The summed E-state index contributed by atoms with van der Waals surface area (Å²) in [4.78, 5) is 7.31. The van der Waals surface area contributed by atoms with Crippen LogP contribution in [-0.4, -0.2) is 54.8 Å². The molecule has 136 valence electrons. The first-order valence-electron chi connectivity index (χ1n) is 9.25. The number of nitrogens with one attached hydrogen (secondary N) is 2. The fourth-order valence-corrected chi connectivity index (χ4v) is 3.61. The van der Waals surface area contributed by atoms with Gasteiger partial charge in [0, 0.05) is 37.2 Å². The van der Waals surface area contributed by atoms with Crippen LogP contribution in [0.25, 0.3) is 0 Å². The zero-order valence-corrected chi connectivity index (χ0v) is 15.9. The first-order chi connectivity index (χ1) is 11.6. The van der Waals surface area contributed by atoms with Gasteiger partial charge in [-0.2, -0.15) is 0 Å². The Bertz CT molecular complexity index is 520. The Morgan fingerprint density at radius 1 is 1.38 bits per heavy atom. The van der Waals surface area contributed by atoms with Crippen LogP contribution in [-0.2, 0) is 0 Å². The fourth-order valence-electron chi connectivity index (χ4n) is 3.61. The summed E-state index contributed by atoms with van der Waals surface area (Å²) in [5, 5.41) is 10.9. The Balaban J connectivity index is 1.92. The molecule has 1 fully saturated rings. The molecule has 2 heterocycles. The summed E-state index contributed by atoms with van der Waals surface area (Å²) >= 11 is 0. The first-order valence-corrected chi connectivity index (χ1v) is 9.25. The molecule has 6 heteroatoms. The molecule has 1 aromatic heterocycles. The molecule has 2 N–H and O–H groups in total. The third-order valence-corrected chi connectivity index (χ3v) is 4.86. The van der Waals surface area contributed by atoms with Crippen molar-refractivity contribution in [1.29, 1.82) is 0 Å². The van der Waals surface area contributed by atoms with Gasteiger partial charge >= 0.3 is 0 Å². The number of likely N-dealkylation sites (N-methyl/N-ethyl adjacent to an activating group) is 1. The van der Waals surface area contributed by atoms with Gasteiger partial charge in [-0.05, 0) is 46.7 Å². The normalized spacial score (nSPS) is 20.4. The topological polar surface area (TPSA) is 65.7 Å². The van der Waals surface area contributed by atoms with Crippen molar-refractivity contribution < 1.29 is 4.52 Å². The second-order valence-corrected chi connectivity index (χ2v) is 6.66. The molecular weight excluding hydrogens is 302 g/mol. The van der Waals surface area contributed by atoms with Gasteiger partial charge < -0.3 is 15.2 Å². The van der Waals surface area contributed by atoms with E-state index in [2.05, 4.69) is 41.5 Å². The number of nitrogens with zero attached hydrogens (tertiary/aromatic N) is 3. The molecule has 6 nitrogen and oxygen atoms in total. The first kappa shape index (κ1) is 18.8. The molecule has 2 atom stereocenters. The number of aryl methyl sites for hydroxylation is 2. The number of aromatic nitrogens is 1. The second-order valence-electron chi connectivity index (χ2n) is 6.66. The van der Waals surface area contributed by atoms with Crippen molar-refractivity contribution in [2.75, 3.05) is 32.7 Å². The highest BCUT2D eigenvalue weighted by Crippen LogP contribution is 2.23. The summed E-state index contributed by atoms with van der Waals surface area (Å²) in [6.45, 7) is 15.4. The smallest absolute Gasteiger partial charge is 0.191 e. The van der Waals surface area contributed by atoms with Crippen LogP contribution in [0.3, 0.4) is 0 Å². The maximum absolute atomic E-state index is 5.27. The Kier molecular flexibility index (Phi) is 7.09. The van der Waals surface area contributed by atoms with Crippen molar-refractivity contribution in [2.45, 2.75) is 59.4 Å². The lowest BCUT2D eigenvalue weighted by Crippen LogP contribution is -2.45. The van der Waals surface area contributed by atoms with Crippen molar-refractivity contribution in [1.82, 2.24) is 20.7 Å². The summed E-state index contributed by atoms with van der Waals surface area (Å²) in [6, 6.07) is 0.624. The molecule has 1 aliphatic heterocycles. The average Bonchev–Trinajstić information content (AvgIpc) is 3.16. The van der Waals surface area contributed by atoms with Crippen LogP contribution in [0.4, 0.5) is 0 Å². The number of guanidine groups is 1. The Morgan fingerprint density at radius 2 is 2.17 bits per heavy atom. The minimum Gasteiger partial charge on any atom is -0.361 e. The van der Waals surface area contributed by atoms with Gasteiger partial charge in [0.1, 0.15) is 5.76 Å². The molecule has 0 saturated carbocycles. The highest BCUT2D eigenvalue weighted by Gasteiger charge is 2.23. The largest absolute Gasteiger partial charge is 0.361 e. The maximum atomic E-state index is 5.27. The van der Waals surface area contributed by atoms with E-state index in [-0.39, 0.29) is 0 Å². The average molecular weight is 335 g/mol. The second kappa shape index (κ2) is 9.06. The summed E-state index contributed by atoms with van der Waals surface area (Å²) in [7, 11) is 0. The van der Waals surface area contributed by atoms with Crippen molar-refractivity contribution in [2.24, 2.45) is 4.99 Å². The summed E-state index contributed by atoms with van der Waals surface area (Å²) in [5.41, 5.74) is 2.15. The van der Waals surface area contributed by atoms with E-state index in [0.717, 1.165) is 43.6 Å². The number of aliphatic imine (C=N–C) groups is 1. The van der Waals surface area contributed by atoms with Crippen LogP contribution in [0.2, 0.25) is 0 Å². The van der Waals surface area contributed by atoms with Gasteiger partial charge in [-0.3, -0.25) is 9.89 Å². The van der Waals surface area contributed by atoms with E-state index in [9.17, 15) is 0 Å². The third-order valence-electron chi connectivity index (χ3n) is 4.86. The number of likely N-dealkylation sites (tertiary alicyclic amines) is 1. The summed E-state index contributed by atoms with van der Waals surface area (Å²) in [6.07, 6.45) is 2.58. The van der Waals surface area contributed by atoms with E-state index < -0.39 is 0 Å². The van der Waals surface area contributed by atoms with Crippen molar-refractivity contribution in [3.63, 3.8) is 0 Å². The predicted octanol–water partition coefficient (Wildman–Crippen LogP) is 2.43. The third kappa shape index (κ3) is 4.72. The molecule has 0 radical (unpaired) electrons. The van der Waals surface area contributed by atoms with E-state index in [1.165, 1.54) is 24.9 Å². The zero-order chi connectivity index (χ0) is 17.5. The monoisotopic (exact) mass is 335 g/mol. The minimum atomic E-state index is 0.297. The van der Waals surface area contributed by atoms with Crippen molar-refractivity contribution >= 4 is 5.96 Å². The van der Waals surface area contributed by atoms with Gasteiger partial charge in [0.25, 0.3) is 0 Å². The summed E-state index contributed by atoms with van der Waals surface area (Å²) < 4.78 is 5.27. The van der Waals surface area contributed by atoms with Gasteiger partial charge in [0.05, 0.1) is 5.69 Å². The Hall–Kier alpha value is -1.56. The highest BCUT2D eigenvalue weighted by atomic mass is 16.5. The molecule has 2 rings (SSSR count). The maximum Gasteiger partial charge on any atom is 0.191 e. The SMILES string of the molecule is CCNC(=NCC(C)c1c(C)noc1C)NCC1CCCN1CC. The standard InChI is InChI=1S/C18H33N5O/c1-6-19-18(21-12-16-9-8-10-23(16)7-2)20-11-13(3)17-14(4)22-24-15(17)5/h13,16H,6-12H2,1-5H3,(H2,19,20,21). The van der Waals surface area contributed by atoms with Crippen LogP contribution < -0.4 is 10.6 Å². The Labute approximate surface area is 146 Å². The van der Waals surface area contributed by atoms with Gasteiger partial charge in [-0.1, -0.05) is 19.0 Å². The highest BCUT2D eigenvalue weighted by molar-refractivity contribution is 5.79. The fraction of sp³-hybridized carbons (Fsp3) is 0.778. The molecule has 0 spiro atoms. The van der Waals surface area contributed by atoms with E-state index in [0.29, 0.717) is 12.0 Å². The molecule has 0 aromatic carbocycles. The molecule has 0 bridgehead atoms. The summed E-state index contributed by atoms with van der Waals surface area (Å²) in [5.74, 6) is 2.10. The molecule has 1 saturated heterocycles. The van der Waals surface area contributed by atoms with Gasteiger partial charge in [-0.25, -0.2) is 0 Å². The quantitative estimate of drug-likeness (QED) is 0.592. The predicted molar refractivity (Wildman–Crippen MR) is 98.6 cm³/mol. The molecule has 2 unspecified atom stereocenters. The van der Waals surface area contributed by atoms with E-state index in [1.54, 1.807) is 0 Å². The molecule has 0 aliphatic carbocycles. The van der Waals surface area contributed by atoms with Crippen LogP contribution in [0.15, 0.2) is 9.52 Å². The lowest BCUT2D eigenvalue weighted by molar-refractivity contribution is 0.267. The van der Waals surface area contributed by atoms with E-state index in [1.807, 2.05) is 13.8 Å². The minimum absolute atomic E-state index is 0.297. The number of hydrogen-bond donors (Lipinski definition) is 2. The van der Waals surface area contributed by atoms with Crippen LogP contribution in [0.1, 0.15) is 56.5 Å². The van der Waals surface area contributed by atoms with Gasteiger partial charge in [0.15, 0.2) is 5.96 Å². The van der Waals surface area contributed by atoms with Crippen LogP contribution in [0, 0.1) is 13.8 Å². The molecular formula is C18H33N5O. The molecule has 0 amide bonds. The lowest BCUT2D eigenvalue weighted by Gasteiger charge is -2.24. The Morgan fingerprint density at radius 3 is 2.79 bits per heavy atom. The zero-order valence-electron chi connectivity index (χ0n) is 15.9. The van der Waals surface area contributed by atoms with E-state index in [4.69, 9.17) is 9.52 Å². The molecule has 1 aromatic rings.